The van der Waals surface area contributed by atoms with E-state index in [2.05, 4.69) is 4.90 Å². The average molecular weight is 482 g/mol. The molecular formula is C22H25Cl2N3O3S. The van der Waals surface area contributed by atoms with Gasteiger partial charge in [-0.2, -0.15) is 0 Å². The van der Waals surface area contributed by atoms with Crippen molar-refractivity contribution in [2.24, 2.45) is 0 Å². The molecule has 0 N–H and O–H groups in total. The smallest absolute Gasteiger partial charge is 0.260 e. The van der Waals surface area contributed by atoms with E-state index in [1.165, 1.54) is 11.3 Å². The molecule has 0 aliphatic carbocycles. The minimum Gasteiger partial charge on any atom is -0.497 e. The fraction of sp³-hybridized carbons (Fsp3) is 0.364. The minimum absolute atomic E-state index is 0. The lowest BCUT2D eigenvalue weighted by molar-refractivity contribution is 0.0376. The van der Waals surface area contributed by atoms with Crippen LogP contribution in [0.15, 0.2) is 42.5 Å². The predicted molar refractivity (Wildman–Crippen MR) is 128 cm³/mol. The second kappa shape index (κ2) is 11.1. The molecule has 1 fully saturated rings. The number of nitrogens with zero attached hydrogens (tertiary/aromatic N) is 3. The molecule has 4 rings (SSSR count). The van der Waals surface area contributed by atoms with Crippen molar-refractivity contribution in [2.75, 3.05) is 51.4 Å². The normalized spacial score (nSPS) is 14.3. The second-order valence-corrected chi connectivity index (χ2v) is 8.49. The number of amides is 1. The summed E-state index contributed by atoms with van der Waals surface area (Å²) in [6.07, 6.45) is 0.853. The van der Waals surface area contributed by atoms with Crippen molar-refractivity contribution in [1.29, 1.82) is 0 Å². The molecule has 2 heterocycles. The summed E-state index contributed by atoms with van der Waals surface area (Å²) in [7, 11) is 1.61. The van der Waals surface area contributed by atoms with Crippen LogP contribution in [0, 0.1) is 0 Å². The molecule has 3 aromatic rings. The first-order chi connectivity index (χ1) is 14.7. The van der Waals surface area contributed by atoms with E-state index in [0.29, 0.717) is 22.3 Å². The predicted octanol–water partition coefficient (Wildman–Crippen LogP) is 4.75. The SMILES string of the molecule is COc1ccc(C(=O)N(CCCN2CCOCC2)c2nc3c(Cl)cccc3s2)cc1.Cl. The summed E-state index contributed by atoms with van der Waals surface area (Å²) in [4.78, 5) is 22.2. The highest BCUT2D eigenvalue weighted by atomic mass is 35.5. The van der Waals surface area contributed by atoms with Crippen molar-refractivity contribution in [3.63, 3.8) is 0 Å². The second-order valence-electron chi connectivity index (χ2n) is 7.08. The number of benzene rings is 2. The van der Waals surface area contributed by atoms with Gasteiger partial charge in [-0.1, -0.05) is 29.0 Å². The van der Waals surface area contributed by atoms with Crippen molar-refractivity contribution >= 4 is 56.6 Å². The van der Waals surface area contributed by atoms with Crippen molar-refractivity contribution in [3.8, 4) is 5.75 Å². The fourth-order valence-corrected chi connectivity index (χ4v) is 4.76. The highest BCUT2D eigenvalue weighted by Crippen LogP contribution is 2.33. The van der Waals surface area contributed by atoms with Crippen molar-refractivity contribution < 1.29 is 14.3 Å². The summed E-state index contributed by atoms with van der Waals surface area (Å²) in [6.45, 7) is 4.91. The summed E-state index contributed by atoms with van der Waals surface area (Å²) in [6, 6.07) is 12.9. The van der Waals surface area contributed by atoms with Crippen LogP contribution in [-0.4, -0.2) is 62.3 Å². The van der Waals surface area contributed by atoms with Crippen molar-refractivity contribution in [3.05, 3.63) is 53.1 Å². The van der Waals surface area contributed by atoms with Gasteiger partial charge in [0.15, 0.2) is 5.13 Å². The largest absolute Gasteiger partial charge is 0.497 e. The van der Waals surface area contributed by atoms with Crippen LogP contribution in [0.2, 0.25) is 5.02 Å². The molecule has 0 saturated carbocycles. The number of thiazole rings is 1. The van der Waals surface area contributed by atoms with Gasteiger partial charge >= 0.3 is 0 Å². The molecule has 1 aliphatic rings. The van der Waals surface area contributed by atoms with Crippen molar-refractivity contribution in [1.82, 2.24) is 9.88 Å². The Morgan fingerprint density at radius 3 is 2.65 bits per heavy atom. The number of fused-ring (bicyclic) bond motifs is 1. The number of morpholine rings is 1. The van der Waals surface area contributed by atoms with Crippen LogP contribution in [0.25, 0.3) is 10.2 Å². The minimum atomic E-state index is -0.0743. The molecular weight excluding hydrogens is 457 g/mol. The molecule has 0 bridgehead atoms. The number of aromatic nitrogens is 1. The zero-order valence-corrected chi connectivity index (χ0v) is 19.6. The van der Waals surface area contributed by atoms with E-state index >= 15 is 0 Å². The first-order valence-corrected chi connectivity index (χ1v) is 11.2. The molecule has 1 aromatic heterocycles. The topological polar surface area (TPSA) is 54.9 Å². The number of hydrogen-bond donors (Lipinski definition) is 0. The van der Waals surface area contributed by atoms with Crippen LogP contribution in [0.4, 0.5) is 5.13 Å². The Kier molecular flexibility index (Phi) is 8.51. The van der Waals surface area contributed by atoms with Gasteiger partial charge in [0.1, 0.15) is 11.3 Å². The molecule has 0 spiro atoms. The third-order valence-electron chi connectivity index (χ3n) is 5.13. The Balaban J connectivity index is 0.00000272. The van der Waals surface area contributed by atoms with Crippen LogP contribution >= 0.6 is 35.3 Å². The maximum Gasteiger partial charge on any atom is 0.260 e. The Bertz CT molecular complexity index is 1010. The number of carbonyl (C=O) groups is 1. The molecule has 1 amide bonds. The zero-order valence-electron chi connectivity index (χ0n) is 17.3. The number of carbonyl (C=O) groups excluding carboxylic acids is 1. The lowest BCUT2D eigenvalue weighted by Gasteiger charge is -2.27. The van der Waals surface area contributed by atoms with Crippen LogP contribution < -0.4 is 9.64 Å². The van der Waals surface area contributed by atoms with Crippen LogP contribution in [-0.2, 0) is 4.74 Å². The number of halogens is 2. The molecule has 0 atom stereocenters. The van der Waals surface area contributed by atoms with Gasteiger partial charge in [-0.25, -0.2) is 4.98 Å². The van der Waals surface area contributed by atoms with Crippen LogP contribution in [0.3, 0.4) is 0 Å². The van der Waals surface area contributed by atoms with E-state index < -0.39 is 0 Å². The molecule has 6 nitrogen and oxygen atoms in total. The van der Waals surface area contributed by atoms with Crippen LogP contribution in [0.5, 0.6) is 5.75 Å². The lowest BCUT2D eigenvalue weighted by Crippen LogP contribution is -2.39. The molecule has 0 radical (unpaired) electrons. The number of hydrogen-bond acceptors (Lipinski definition) is 6. The number of ether oxygens (including phenoxy) is 2. The summed E-state index contributed by atoms with van der Waals surface area (Å²) >= 11 is 7.81. The highest BCUT2D eigenvalue weighted by molar-refractivity contribution is 7.22. The van der Waals surface area contributed by atoms with E-state index in [-0.39, 0.29) is 18.3 Å². The average Bonchev–Trinajstić information content (AvgIpc) is 3.22. The molecule has 166 valence electrons. The first kappa shape index (κ1) is 23.8. The first-order valence-electron chi connectivity index (χ1n) is 9.97. The monoisotopic (exact) mass is 481 g/mol. The Labute approximate surface area is 197 Å². The summed E-state index contributed by atoms with van der Waals surface area (Å²) in [5.41, 5.74) is 1.34. The van der Waals surface area contributed by atoms with E-state index in [1.807, 2.05) is 18.2 Å². The van der Waals surface area contributed by atoms with Crippen LogP contribution in [0.1, 0.15) is 16.8 Å². The summed E-state index contributed by atoms with van der Waals surface area (Å²) in [5, 5.41) is 1.26. The molecule has 31 heavy (non-hydrogen) atoms. The zero-order chi connectivity index (χ0) is 20.9. The Morgan fingerprint density at radius 2 is 1.97 bits per heavy atom. The lowest BCUT2D eigenvalue weighted by atomic mass is 10.2. The quantitative estimate of drug-likeness (QED) is 0.487. The third-order valence-corrected chi connectivity index (χ3v) is 6.48. The summed E-state index contributed by atoms with van der Waals surface area (Å²) < 4.78 is 11.6. The van der Waals surface area contributed by atoms with E-state index in [1.54, 1.807) is 36.3 Å². The van der Waals surface area contributed by atoms with Crippen molar-refractivity contribution in [2.45, 2.75) is 6.42 Å². The third kappa shape index (κ3) is 5.67. The Hall–Kier alpha value is -1.90. The number of anilines is 1. The molecule has 9 heteroatoms. The number of para-hydroxylation sites is 1. The van der Waals surface area contributed by atoms with Gasteiger partial charge in [0.05, 0.1) is 30.0 Å². The summed E-state index contributed by atoms with van der Waals surface area (Å²) in [5.74, 6) is 0.645. The van der Waals surface area contributed by atoms with Gasteiger partial charge in [0.25, 0.3) is 5.91 Å². The number of rotatable bonds is 7. The molecule has 0 unspecified atom stereocenters. The molecule has 1 saturated heterocycles. The standard InChI is InChI=1S/C22H24ClN3O3S.ClH/c1-28-17-8-6-16(7-9-17)21(27)26(11-3-10-25-12-14-29-15-13-25)22-24-20-18(23)4-2-5-19(20)30-22;/h2,4-9H,3,10-15H2,1H3;1H. The van der Waals surface area contributed by atoms with Gasteiger partial charge in [0.2, 0.25) is 0 Å². The van der Waals surface area contributed by atoms with E-state index in [0.717, 1.165) is 55.2 Å². The van der Waals surface area contributed by atoms with E-state index in [4.69, 9.17) is 26.1 Å². The van der Waals surface area contributed by atoms with Gasteiger partial charge in [0, 0.05) is 31.7 Å². The Morgan fingerprint density at radius 1 is 1.23 bits per heavy atom. The van der Waals surface area contributed by atoms with E-state index in [9.17, 15) is 4.79 Å². The van der Waals surface area contributed by atoms with Gasteiger partial charge in [-0.15, -0.1) is 12.4 Å². The number of methoxy groups -OCH3 is 1. The molecule has 1 aliphatic heterocycles. The fourth-order valence-electron chi connectivity index (χ4n) is 3.47. The highest BCUT2D eigenvalue weighted by Gasteiger charge is 2.22. The maximum absolute atomic E-state index is 13.4. The molecule has 2 aromatic carbocycles. The van der Waals surface area contributed by atoms with Gasteiger partial charge in [-0.05, 0) is 42.8 Å². The maximum atomic E-state index is 13.4. The van der Waals surface area contributed by atoms with Gasteiger partial charge in [-0.3, -0.25) is 14.6 Å². The van der Waals surface area contributed by atoms with Gasteiger partial charge < -0.3 is 9.47 Å².